The molecule has 0 bridgehead atoms. The van der Waals surface area contributed by atoms with Crippen molar-refractivity contribution in [3.05, 3.63) is 35.4 Å². The van der Waals surface area contributed by atoms with Crippen molar-refractivity contribution in [2.45, 2.75) is 25.4 Å². The smallest absolute Gasteiger partial charge is 0.0670 e. The lowest BCUT2D eigenvalue weighted by atomic mass is 9.88. The highest BCUT2D eigenvalue weighted by Crippen LogP contribution is 2.25. The average molecular weight is 191 g/mol. The van der Waals surface area contributed by atoms with Crippen LogP contribution in [0.25, 0.3) is 0 Å². The number of hydrogen-bond acceptors (Lipinski definition) is 2. The maximum atomic E-state index is 9.57. The Balaban J connectivity index is 2.18. The first-order valence-electron chi connectivity index (χ1n) is 5.21. The number of rotatable bonds is 1. The van der Waals surface area contributed by atoms with Gasteiger partial charge in [0.25, 0.3) is 0 Å². The van der Waals surface area contributed by atoms with E-state index >= 15 is 0 Å². The number of β-amino-alcohol motifs (C(OH)–C–C–N with tert-alkyl or cyclic N) is 1. The summed E-state index contributed by atoms with van der Waals surface area (Å²) in [5, 5.41) is 12.8. The van der Waals surface area contributed by atoms with Crippen molar-refractivity contribution in [3.8, 4) is 0 Å². The highest BCUT2D eigenvalue weighted by Gasteiger charge is 2.21. The second kappa shape index (κ2) is 4.11. The van der Waals surface area contributed by atoms with Gasteiger partial charge in [0.2, 0.25) is 0 Å². The van der Waals surface area contributed by atoms with Gasteiger partial charge in [-0.25, -0.2) is 0 Å². The molecule has 1 aromatic carbocycles. The van der Waals surface area contributed by atoms with E-state index in [0.717, 1.165) is 19.5 Å². The third-order valence-electron chi connectivity index (χ3n) is 2.96. The van der Waals surface area contributed by atoms with Crippen molar-refractivity contribution in [1.29, 1.82) is 0 Å². The molecular weight excluding hydrogens is 174 g/mol. The van der Waals surface area contributed by atoms with Gasteiger partial charge in [-0.1, -0.05) is 24.3 Å². The zero-order valence-corrected chi connectivity index (χ0v) is 8.53. The Morgan fingerprint density at radius 3 is 2.79 bits per heavy atom. The molecule has 0 aliphatic carbocycles. The topological polar surface area (TPSA) is 32.3 Å². The van der Waals surface area contributed by atoms with Crippen molar-refractivity contribution in [2.24, 2.45) is 0 Å². The largest absolute Gasteiger partial charge is 0.392 e. The van der Waals surface area contributed by atoms with Gasteiger partial charge in [0.15, 0.2) is 0 Å². The van der Waals surface area contributed by atoms with E-state index in [4.69, 9.17) is 0 Å². The fourth-order valence-electron chi connectivity index (χ4n) is 2.20. The highest BCUT2D eigenvalue weighted by molar-refractivity contribution is 5.29. The lowest BCUT2D eigenvalue weighted by Crippen LogP contribution is -2.38. The van der Waals surface area contributed by atoms with Crippen LogP contribution in [0.15, 0.2) is 24.3 Å². The van der Waals surface area contributed by atoms with E-state index in [1.54, 1.807) is 0 Å². The van der Waals surface area contributed by atoms with Gasteiger partial charge in [-0.15, -0.1) is 0 Å². The first-order valence-corrected chi connectivity index (χ1v) is 5.21. The van der Waals surface area contributed by atoms with Crippen LogP contribution in [0.2, 0.25) is 0 Å². The molecule has 0 amide bonds. The van der Waals surface area contributed by atoms with E-state index in [1.165, 1.54) is 11.1 Å². The minimum atomic E-state index is -0.187. The number of benzene rings is 1. The maximum absolute atomic E-state index is 9.57. The third-order valence-corrected chi connectivity index (χ3v) is 2.96. The molecule has 2 rings (SSSR count). The van der Waals surface area contributed by atoms with Crippen LogP contribution in [-0.4, -0.2) is 24.3 Å². The number of aryl methyl sites for hydroxylation is 1. The molecule has 2 unspecified atom stereocenters. The van der Waals surface area contributed by atoms with E-state index in [2.05, 4.69) is 36.5 Å². The van der Waals surface area contributed by atoms with Gasteiger partial charge in [0.1, 0.15) is 0 Å². The normalized spacial score (nSPS) is 27.6. The monoisotopic (exact) mass is 191 g/mol. The molecule has 2 N–H and O–H groups in total. The van der Waals surface area contributed by atoms with E-state index in [0.29, 0.717) is 5.92 Å². The van der Waals surface area contributed by atoms with Gasteiger partial charge in [-0.3, -0.25) is 0 Å². The lowest BCUT2D eigenvalue weighted by Gasteiger charge is -2.28. The number of aliphatic hydroxyl groups excluding tert-OH is 1. The molecule has 1 aromatic rings. The van der Waals surface area contributed by atoms with Crippen LogP contribution < -0.4 is 5.32 Å². The first-order chi connectivity index (χ1) is 6.77. The number of aliphatic hydroxyl groups is 1. The third kappa shape index (κ3) is 1.97. The maximum Gasteiger partial charge on any atom is 0.0670 e. The summed E-state index contributed by atoms with van der Waals surface area (Å²) in [6.45, 7) is 3.86. The fraction of sp³-hybridized carbons (Fsp3) is 0.500. The number of hydrogen-bond donors (Lipinski definition) is 2. The summed E-state index contributed by atoms with van der Waals surface area (Å²) >= 11 is 0. The molecule has 1 aliphatic rings. The summed E-state index contributed by atoms with van der Waals surface area (Å²) in [5.41, 5.74) is 2.70. The van der Waals surface area contributed by atoms with Gasteiger partial charge >= 0.3 is 0 Å². The predicted molar refractivity (Wildman–Crippen MR) is 57.4 cm³/mol. The van der Waals surface area contributed by atoms with Crippen molar-refractivity contribution < 1.29 is 5.11 Å². The Hall–Kier alpha value is -0.860. The molecule has 1 aliphatic heterocycles. The second-order valence-electron chi connectivity index (χ2n) is 4.10. The van der Waals surface area contributed by atoms with Crippen LogP contribution in [0, 0.1) is 6.92 Å². The summed E-state index contributed by atoms with van der Waals surface area (Å²) in [6.07, 6.45) is 0.700. The second-order valence-corrected chi connectivity index (χ2v) is 4.10. The predicted octanol–water partition coefficient (Wildman–Crippen LogP) is 1.43. The SMILES string of the molecule is Cc1ccccc1C1CNCC(O)C1. The molecule has 2 heteroatoms. The van der Waals surface area contributed by atoms with Gasteiger partial charge in [-0.05, 0) is 30.4 Å². The van der Waals surface area contributed by atoms with Crippen molar-refractivity contribution >= 4 is 0 Å². The van der Waals surface area contributed by atoms with Crippen LogP contribution >= 0.6 is 0 Å². The Kier molecular flexibility index (Phi) is 2.85. The molecule has 76 valence electrons. The van der Waals surface area contributed by atoms with Crippen molar-refractivity contribution in [1.82, 2.24) is 5.32 Å². The van der Waals surface area contributed by atoms with E-state index in [1.807, 2.05) is 0 Å². The number of nitrogens with one attached hydrogen (secondary N) is 1. The summed E-state index contributed by atoms with van der Waals surface area (Å²) in [7, 11) is 0. The van der Waals surface area contributed by atoms with Crippen molar-refractivity contribution in [2.75, 3.05) is 13.1 Å². The standard InChI is InChI=1S/C12H17NO/c1-9-4-2-3-5-12(9)10-6-11(14)8-13-7-10/h2-5,10-11,13-14H,6-8H2,1H3. The fourth-order valence-corrected chi connectivity index (χ4v) is 2.20. The Morgan fingerprint density at radius 2 is 2.07 bits per heavy atom. The van der Waals surface area contributed by atoms with Crippen molar-refractivity contribution in [3.63, 3.8) is 0 Å². The summed E-state index contributed by atoms with van der Waals surface area (Å²) in [6, 6.07) is 8.44. The Labute approximate surface area is 85.0 Å². The molecule has 0 saturated carbocycles. The van der Waals surface area contributed by atoms with Crippen LogP contribution in [0.5, 0.6) is 0 Å². The summed E-state index contributed by atoms with van der Waals surface area (Å²) in [4.78, 5) is 0. The van der Waals surface area contributed by atoms with E-state index < -0.39 is 0 Å². The van der Waals surface area contributed by atoms with Gasteiger partial charge in [0, 0.05) is 13.1 Å². The van der Waals surface area contributed by atoms with Gasteiger partial charge < -0.3 is 10.4 Å². The molecule has 1 fully saturated rings. The molecule has 1 heterocycles. The molecular formula is C12H17NO. The zero-order chi connectivity index (χ0) is 9.97. The van der Waals surface area contributed by atoms with Gasteiger partial charge in [0.05, 0.1) is 6.10 Å². The first kappa shape index (κ1) is 9.69. The molecule has 0 spiro atoms. The van der Waals surface area contributed by atoms with Gasteiger partial charge in [-0.2, -0.15) is 0 Å². The summed E-state index contributed by atoms with van der Waals surface area (Å²) in [5.74, 6) is 0.472. The average Bonchev–Trinajstić information content (AvgIpc) is 2.18. The Bertz CT molecular complexity index is 311. The van der Waals surface area contributed by atoms with E-state index in [-0.39, 0.29) is 6.10 Å². The van der Waals surface area contributed by atoms with Crippen LogP contribution in [-0.2, 0) is 0 Å². The zero-order valence-electron chi connectivity index (χ0n) is 8.53. The number of piperidine rings is 1. The highest BCUT2D eigenvalue weighted by atomic mass is 16.3. The lowest BCUT2D eigenvalue weighted by molar-refractivity contribution is 0.132. The molecule has 1 saturated heterocycles. The molecule has 0 aromatic heterocycles. The molecule has 14 heavy (non-hydrogen) atoms. The molecule has 2 nitrogen and oxygen atoms in total. The van der Waals surface area contributed by atoms with Crippen LogP contribution in [0.1, 0.15) is 23.5 Å². The Morgan fingerprint density at radius 1 is 1.29 bits per heavy atom. The van der Waals surface area contributed by atoms with Crippen LogP contribution in [0.4, 0.5) is 0 Å². The molecule has 0 radical (unpaired) electrons. The quantitative estimate of drug-likeness (QED) is 0.704. The van der Waals surface area contributed by atoms with E-state index in [9.17, 15) is 5.11 Å². The molecule has 2 atom stereocenters. The van der Waals surface area contributed by atoms with Crippen LogP contribution in [0.3, 0.4) is 0 Å². The minimum absolute atomic E-state index is 0.187. The minimum Gasteiger partial charge on any atom is -0.392 e. The summed E-state index contributed by atoms with van der Waals surface area (Å²) < 4.78 is 0.